The first kappa shape index (κ1) is 20.5. The Bertz CT molecular complexity index is 838. The number of benzene rings is 2. The molecule has 0 saturated heterocycles. The fourth-order valence-electron chi connectivity index (χ4n) is 2.78. The molecule has 2 aromatic carbocycles. The standard InChI is InChI=1S/C20H21F3N2O2/c1-19(2,3)16(12-8-10-13(11-9-12)17(24)26)25-18(27)14-6-4-5-7-15(14)20(21,22)23/h4-11,16H,1-3H3,(H2,24,26)(H,25,27). The molecule has 1 unspecified atom stereocenters. The normalized spacial score (nSPS) is 13.1. The lowest BCUT2D eigenvalue weighted by atomic mass is 9.82. The van der Waals surface area contributed by atoms with E-state index in [1.807, 2.05) is 20.8 Å². The van der Waals surface area contributed by atoms with Crippen molar-refractivity contribution in [2.24, 2.45) is 11.1 Å². The van der Waals surface area contributed by atoms with Gasteiger partial charge in [0.15, 0.2) is 0 Å². The van der Waals surface area contributed by atoms with Gasteiger partial charge in [0.2, 0.25) is 5.91 Å². The van der Waals surface area contributed by atoms with E-state index in [-0.39, 0.29) is 0 Å². The second kappa shape index (κ2) is 7.42. The third-order valence-electron chi connectivity index (χ3n) is 4.15. The molecule has 0 fully saturated rings. The van der Waals surface area contributed by atoms with E-state index in [2.05, 4.69) is 5.32 Å². The summed E-state index contributed by atoms with van der Waals surface area (Å²) in [6.45, 7) is 5.57. The Labute approximate surface area is 155 Å². The fraction of sp³-hybridized carbons (Fsp3) is 0.300. The zero-order valence-electron chi connectivity index (χ0n) is 15.2. The van der Waals surface area contributed by atoms with Gasteiger partial charge in [0.05, 0.1) is 17.2 Å². The average molecular weight is 378 g/mol. The van der Waals surface area contributed by atoms with Crippen LogP contribution >= 0.6 is 0 Å². The number of halogens is 3. The van der Waals surface area contributed by atoms with Crippen molar-refractivity contribution < 1.29 is 22.8 Å². The Balaban J connectivity index is 2.38. The molecule has 144 valence electrons. The number of carbonyl (C=O) groups excluding carboxylic acids is 2. The van der Waals surface area contributed by atoms with Crippen LogP contribution in [0.4, 0.5) is 13.2 Å². The van der Waals surface area contributed by atoms with Crippen LogP contribution in [-0.4, -0.2) is 11.8 Å². The van der Waals surface area contributed by atoms with Crippen molar-refractivity contribution in [3.8, 4) is 0 Å². The molecule has 2 aromatic rings. The van der Waals surface area contributed by atoms with Crippen molar-refractivity contribution in [1.29, 1.82) is 0 Å². The van der Waals surface area contributed by atoms with Gasteiger partial charge in [-0.15, -0.1) is 0 Å². The molecule has 0 bridgehead atoms. The first-order valence-corrected chi connectivity index (χ1v) is 8.28. The topological polar surface area (TPSA) is 72.2 Å². The first-order valence-electron chi connectivity index (χ1n) is 8.28. The van der Waals surface area contributed by atoms with Crippen molar-refractivity contribution >= 4 is 11.8 Å². The van der Waals surface area contributed by atoms with Crippen LogP contribution in [0.25, 0.3) is 0 Å². The van der Waals surface area contributed by atoms with E-state index in [4.69, 9.17) is 5.73 Å². The van der Waals surface area contributed by atoms with E-state index >= 15 is 0 Å². The number of amides is 2. The Kier molecular flexibility index (Phi) is 5.63. The lowest BCUT2D eigenvalue weighted by Gasteiger charge is -2.32. The van der Waals surface area contributed by atoms with Crippen LogP contribution in [0.5, 0.6) is 0 Å². The van der Waals surface area contributed by atoms with Gasteiger partial charge in [-0.2, -0.15) is 13.2 Å². The number of hydrogen-bond acceptors (Lipinski definition) is 2. The molecule has 27 heavy (non-hydrogen) atoms. The van der Waals surface area contributed by atoms with Crippen LogP contribution in [0.2, 0.25) is 0 Å². The lowest BCUT2D eigenvalue weighted by molar-refractivity contribution is -0.137. The van der Waals surface area contributed by atoms with Crippen LogP contribution in [0, 0.1) is 5.41 Å². The molecule has 0 saturated carbocycles. The van der Waals surface area contributed by atoms with Gasteiger partial charge in [-0.05, 0) is 35.2 Å². The van der Waals surface area contributed by atoms with Gasteiger partial charge in [-0.25, -0.2) is 0 Å². The third kappa shape index (κ3) is 4.87. The van der Waals surface area contributed by atoms with Crippen molar-refractivity contribution in [3.05, 3.63) is 70.8 Å². The maximum Gasteiger partial charge on any atom is 0.417 e. The highest BCUT2D eigenvalue weighted by atomic mass is 19.4. The Morgan fingerprint density at radius 1 is 0.963 bits per heavy atom. The fourth-order valence-corrected chi connectivity index (χ4v) is 2.78. The molecule has 1 atom stereocenters. The maximum absolute atomic E-state index is 13.2. The van der Waals surface area contributed by atoms with Crippen molar-refractivity contribution in [3.63, 3.8) is 0 Å². The van der Waals surface area contributed by atoms with Crippen LogP contribution in [0.1, 0.15) is 58.7 Å². The summed E-state index contributed by atoms with van der Waals surface area (Å²) in [6.07, 6.45) is -4.63. The second-order valence-electron chi connectivity index (χ2n) is 7.30. The van der Waals surface area contributed by atoms with Crippen LogP contribution in [0.3, 0.4) is 0 Å². The Morgan fingerprint density at radius 2 is 1.52 bits per heavy atom. The van der Waals surface area contributed by atoms with E-state index in [9.17, 15) is 22.8 Å². The summed E-state index contributed by atoms with van der Waals surface area (Å²) in [4.78, 5) is 23.9. The molecule has 0 heterocycles. The molecule has 0 spiro atoms. The van der Waals surface area contributed by atoms with E-state index in [1.165, 1.54) is 24.3 Å². The summed E-state index contributed by atoms with van der Waals surface area (Å²) in [5.41, 5.74) is 4.28. The smallest absolute Gasteiger partial charge is 0.366 e. The molecule has 4 nitrogen and oxygen atoms in total. The molecule has 0 aliphatic carbocycles. The summed E-state index contributed by atoms with van der Waals surface area (Å²) >= 11 is 0. The molecule has 2 amide bonds. The molecular weight excluding hydrogens is 357 g/mol. The zero-order chi connectivity index (χ0) is 20.4. The largest absolute Gasteiger partial charge is 0.417 e. The number of carbonyl (C=O) groups is 2. The number of hydrogen-bond donors (Lipinski definition) is 2. The number of nitrogens with two attached hydrogens (primary N) is 1. The molecule has 0 aliphatic heterocycles. The van der Waals surface area contributed by atoms with Gasteiger partial charge in [-0.1, -0.05) is 45.0 Å². The highest BCUT2D eigenvalue weighted by Crippen LogP contribution is 2.35. The van der Waals surface area contributed by atoms with Crippen LogP contribution in [-0.2, 0) is 6.18 Å². The monoisotopic (exact) mass is 378 g/mol. The molecule has 2 rings (SSSR count). The van der Waals surface area contributed by atoms with Gasteiger partial charge >= 0.3 is 6.18 Å². The van der Waals surface area contributed by atoms with Crippen LogP contribution in [0.15, 0.2) is 48.5 Å². The predicted molar refractivity (Wildman–Crippen MR) is 96.1 cm³/mol. The van der Waals surface area contributed by atoms with Gasteiger partial charge in [-0.3, -0.25) is 9.59 Å². The Hall–Kier alpha value is -2.83. The van der Waals surface area contributed by atoms with E-state index in [1.54, 1.807) is 12.1 Å². The van der Waals surface area contributed by atoms with Crippen LogP contribution < -0.4 is 11.1 Å². The zero-order valence-corrected chi connectivity index (χ0v) is 15.2. The lowest BCUT2D eigenvalue weighted by Crippen LogP contribution is -2.37. The minimum Gasteiger partial charge on any atom is -0.366 e. The average Bonchev–Trinajstić information content (AvgIpc) is 2.58. The second-order valence-corrected chi connectivity index (χ2v) is 7.30. The minimum atomic E-state index is -4.63. The number of nitrogens with one attached hydrogen (secondary N) is 1. The van der Waals surface area contributed by atoms with Gasteiger partial charge in [0.1, 0.15) is 0 Å². The van der Waals surface area contributed by atoms with Gasteiger partial charge < -0.3 is 11.1 Å². The molecule has 3 N–H and O–H groups in total. The molecule has 0 radical (unpaired) electrons. The minimum absolute atomic E-state index is 0.306. The highest BCUT2D eigenvalue weighted by molar-refractivity contribution is 5.96. The SMILES string of the molecule is CC(C)(C)C(NC(=O)c1ccccc1C(F)(F)F)c1ccc(C(N)=O)cc1. The number of alkyl halides is 3. The molecule has 0 aromatic heterocycles. The van der Waals surface area contributed by atoms with Gasteiger partial charge in [0, 0.05) is 5.56 Å². The molecular formula is C20H21F3N2O2. The van der Waals surface area contributed by atoms with Crippen molar-refractivity contribution in [1.82, 2.24) is 5.32 Å². The Morgan fingerprint density at radius 3 is 2.00 bits per heavy atom. The summed E-state index contributed by atoms with van der Waals surface area (Å²) < 4.78 is 39.6. The van der Waals surface area contributed by atoms with E-state index in [0.29, 0.717) is 11.1 Å². The predicted octanol–water partition coefficient (Wildman–Crippen LogP) is 4.32. The van der Waals surface area contributed by atoms with E-state index in [0.717, 1.165) is 12.1 Å². The summed E-state index contributed by atoms with van der Waals surface area (Å²) in [6, 6.07) is 10.4. The van der Waals surface area contributed by atoms with Crippen molar-refractivity contribution in [2.75, 3.05) is 0 Å². The highest BCUT2D eigenvalue weighted by Gasteiger charge is 2.36. The number of rotatable bonds is 4. The summed E-state index contributed by atoms with van der Waals surface area (Å²) in [5, 5.41) is 2.70. The molecule has 7 heteroatoms. The van der Waals surface area contributed by atoms with E-state index < -0.39 is 40.6 Å². The quantitative estimate of drug-likeness (QED) is 0.832. The van der Waals surface area contributed by atoms with Crippen molar-refractivity contribution in [2.45, 2.75) is 33.0 Å². The van der Waals surface area contributed by atoms with Gasteiger partial charge in [0.25, 0.3) is 5.91 Å². The maximum atomic E-state index is 13.2. The number of primary amides is 1. The summed E-state index contributed by atoms with van der Waals surface area (Å²) in [5.74, 6) is -1.40. The third-order valence-corrected chi connectivity index (χ3v) is 4.15. The summed E-state index contributed by atoms with van der Waals surface area (Å²) in [7, 11) is 0. The first-order chi connectivity index (χ1) is 12.4. The molecule has 0 aliphatic rings.